The van der Waals surface area contributed by atoms with E-state index in [1.807, 2.05) is 48.7 Å². The Hall–Kier alpha value is -1.43. The van der Waals surface area contributed by atoms with Crippen molar-refractivity contribution in [3.63, 3.8) is 0 Å². The molecule has 0 spiro atoms. The van der Waals surface area contributed by atoms with Crippen molar-refractivity contribution in [1.82, 2.24) is 4.90 Å². The SMILES string of the molecule is Cc1ccsc1/C=C1\SC(=S)N(Cc2ccccc2)C1=O. The zero-order chi connectivity index (χ0) is 14.8. The van der Waals surface area contributed by atoms with Crippen LogP contribution in [0.15, 0.2) is 46.7 Å². The number of thiophene rings is 1. The van der Waals surface area contributed by atoms with Gasteiger partial charge in [0.2, 0.25) is 0 Å². The average molecular weight is 331 g/mol. The largest absolute Gasteiger partial charge is 0.288 e. The summed E-state index contributed by atoms with van der Waals surface area (Å²) in [6.45, 7) is 2.58. The second kappa shape index (κ2) is 6.13. The Bertz CT molecular complexity index is 718. The van der Waals surface area contributed by atoms with Crippen LogP contribution in [0, 0.1) is 6.92 Å². The molecule has 3 rings (SSSR count). The Balaban J connectivity index is 1.83. The highest BCUT2D eigenvalue weighted by molar-refractivity contribution is 8.26. The van der Waals surface area contributed by atoms with Crippen molar-refractivity contribution in [3.05, 3.63) is 62.7 Å². The van der Waals surface area contributed by atoms with Crippen LogP contribution < -0.4 is 0 Å². The Labute approximate surface area is 137 Å². The van der Waals surface area contributed by atoms with Gasteiger partial charge in [-0.15, -0.1) is 11.3 Å². The number of hydrogen-bond donors (Lipinski definition) is 0. The lowest BCUT2D eigenvalue weighted by molar-refractivity contribution is -0.122. The van der Waals surface area contributed by atoms with Gasteiger partial charge in [-0.2, -0.15) is 0 Å². The van der Waals surface area contributed by atoms with Gasteiger partial charge in [-0.1, -0.05) is 54.3 Å². The molecule has 1 aliphatic heterocycles. The number of rotatable bonds is 3. The molecule has 1 amide bonds. The highest BCUT2D eigenvalue weighted by Gasteiger charge is 2.32. The van der Waals surface area contributed by atoms with E-state index >= 15 is 0 Å². The molecular weight excluding hydrogens is 318 g/mol. The zero-order valence-electron chi connectivity index (χ0n) is 11.4. The van der Waals surface area contributed by atoms with Crippen molar-refractivity contribution < 1.29 is 4.79 Å². The van der Waals surface area contributed by atoms with Crippen molar-refractivity contribution in [2.45, 2.75) is 13.5 Å². The van der Waals surface area contributed by atoms with Crippen molar-refractivity contribution in [2.24, 2.45) is 0 Å². The van der Waals surface area contributed by atoms with Crippen LogP contribution in [0.2, 0.25) is 0 Å². The maximum Gasteiger partial charge on any atom is 0.266 e. The van der Waals surface area contributed by atoms with Crippen LogP contribution in [-0.2, 0) is 11.3 Å². The smallest absolute Gasteiger partial charge is 0.266 e. The molecule has 2 aromatic rings. The number of amides is 1. The van der Waals surface area contributed by atoms with Crippen molar-refractivity contribution >= 4 is 51.6 Å². The first kappa shape index (κ1) is 14.5. The summed E-state index contributed by atoms with van der Waals surface area (Å²) < 4.78 is 0.629. The Kier molecular flexibility index (Phi) is 4.24. The molecule has 1 aromatic heterocycles. The molecule has 1 aromatic carbocycles. The number of nitrogens with zero attached hydrogens (tertiary/aromatic N) is 1. The average Bonchev–Trinajstić information content (AvgIpc) is 2.99. The third-order valence-electron chi connectivity index (χ3n) is 3.22. The molecule has 2 heterocycles. The van der Waals surface area contributed by atoms with Gasteiger partial charge in [0.25, 0.3) is 5.91 Å². The van der Waals surface area contributed by atoms with Gasteiger partial charge < -0.3 is 0 Å². The lowest BCUT2D eigenvalue weighted by Crippen LogP contribution is -2.27. The zero-order valence-corrected chi connectivity index (χ0v) is 13.9. The standard InChI is InChI=1S/C16H13NOS3/c1-11-7-8-20-13(11)9-14-15(18)17(16(19)21-14)10-12-5-3-2-4-6-12/h2-9H,10H2,1H3/b14-9-. The minimum absolute atomic E-state index is 0.00153. The molecule has 0 bridgehead atoms. The second-order valence-electron chi connectivity index (χ2n) is 4.72. The summed E-state index contributed by atoms with van der Waals surface area (Å²) in [5.74, 6) is 0.00153. The predicted octanol–water partition coefficient (Wildman–Crippen LogP) is 4.46. The second-order valence-corrected chi connectivity index (χ2v) is 7.34. The molecule has 2 nitrogen and oxygen atoms in total. The summed E-state index contributed by atoms with van der Waals surface area (Å²) in [6, 6.07) is 12.0. The first-order valence-electron chi connectivity index (χ1n) is 6.48. The van der Waals surface area contributed by atoms with Gasteiger partial charge in [-0.25, -0.2) is 0 Å². The van der Waals surface area contributed by atoms with Gasteiger partial charge in [0.15, 0.2) is 0 Å². The topological polar surface area (TPSA) is 20.3 Å². The fourth-order valence-electron chi connectivity index (χ4n) is 2.05. The lowest BCUT2D eigenvalue weighted by Gasteiger charge is -2.14. The van der Waals surface area contributed by atoms with Gasteiger partial charge in [0.1, 0.15) is 4.32 Å². The molecule has 1 fully saturated rings. The number of aryl methyl sites for hydroxylation is 1. The summed E-state index contributed by atoms with van der Waals surface area (Å²) in [5.41, 5.74) is 2.27. The molecule has 1 saturated heterocycles. The van der Waals surface area contributed by atoms with E-state index in [4.69, 9.17) is 12.2 Å². The number of hydrogen-bond acceptors (Lipinski definition) is 4. The minimum atomic E-state index is 0.00153. The molecule has 1 aliphatic rings. The van der Waals surface area contributed by atoms with Gasteiger partial charge in [-0.3, -0.25) is 9.69 Å². The quantitative estimate of drug-likeness (QED) is 0.612. The third kappa shape index (κ3) is 3.10. The number of benzene rings is 1. The highest BCUT2D eigenvalue weighted by atomic mass is 32.2. The van der Waals surface area contributed by atoms with E-state index in [0.717, 1.165) is 10.4 Å². The van der Waals surface area contributed by atoms with Crippen LogP contribution in [0.4, 0.5) is 0 Å². The molecule has 0 unspecified atom stereocenters. The first-order valence-corrected chi connectivity index (χ1v) is 8.59. The Morgan fingerprint density at radius 2 is 2.00 bits per heavy atom. The number of thioether (sulfide) groups is 1. The fraction of sp³-hybridized carbons (Fsp3) is 0.125. The molecule has 0 aliphatic carbocycles. The highest BCUT2D eigenvalue weighted by Crippen LogP contribution is 2.34. The van der Waals surface area contributed by atoms with E-state index in [1.54, 1.807) is 16.2 Å². The van der Waals surface area contributed by atoms with E-state index in [1.165, 1.54) is 17.3 Å². The molecule has 0 atom stereocenters. The van der Waals surface area contributed by atoms with Crippen LogP contribution in [0.1, 0.15) is 16.0 Å². The Morgan fingerprint density at radius 3 is 2.67 bits per heavy atom. The maximum atomic E-state index is 12.5. The molecule has 106 valence electrons. The van der Waals surface area contributed by atoms with Crippen molar-refractivity contribution in [1.29, 1.82) is 0 Å². The number of carbonyl (C=O) groups excluding carboxylic acids is 1. The van der Waals surface area contributed by atoms with E-state index < -0.39 is 0 Å². The van der Waals surface area contributed by atoms with E-state index in [0.29, 0.717) is 15.8 Å². The summed E-state index contributed by atoms with van der Waals surface area (Å²) >= 11 is 8.38. The number of thiocarbonyl (C=S) groups is 1. The maximum absolute atomic E-state index is 12.5. The number of carbonyl (C=O) groups is 1. The van der Waals surface area contributed by atoms with Gasteiger partial charge in [0.05, 0.1) is 11.4 Å². The Morgan fingerprint density at radius 1 is 1.24 bits per heavy atom. The van der Waals surface area contributed by atoms with Crippen LogP contribution in [0.25, 0.3) is 6.08 Å². The van der Waals surface area contributed by atoms with E-state index in [2.05, 4.69) is 6.07 Å². The fourth-order valence-corrected chi connectivity index (χ4v) is 4.22. The molecule has 5 heteroatoms. The van der Waals surface area contributed by atoms with E-state index in [9.17, 15) is 4.79 Å². The molecule has 21 heavy (non-hydrogen) atoms. The van der Waals surface area contributed by atoms with Gasteiger partial charge in [0, 0.05) is 4.88 Å². The molecular formula is C16H13NOS3. The van der Waals surface area contributed by atoms with Crippen LogP contribution in [-0.4, -0.2) is 15.1 Å². The monoisotopic (exact) mass is 331 g/mol. The van der Waals surface area contributed by atoms with Crippen molar-refractivity contribution in [3.8, 4) is 0 Å². The minimum Gasteiger partial charge on any atom is -0.288 e. The summed E-state index contributed by atoms with van der Waals surface area (Å²) in [7, 11) is 0. The lowest BCUT2D eigenvalue weighted by atomic mass is 10.2. The molecule has 0 radical (unpaired) electrons. The van der Waals surface area contributed by atoms with Crippen LogP contribution in [0.3, 0.4) is 0 Å². The summed E-state index contributed by atoms with van der Waals surface area (Å²) in [4.78, 5) is 16.0. The van der Waals surface area contributed by atoms with Gasteiger partial charge >= 0.3 is 0 Å². The summed E-state index contributed by atoms with van der Waals surface area (Å²) in [5, 5.41) is 2.03. The normalized spacial score (nSPS) is 17.0. The van der Waals surface area contributed by atoms with E-state index in [-0.39, 0.29) is 5.91 Å². The van der Waals surface area contributed by atoms with Crippen LogP contribution >= 0.6 is 35.3 Å². The van der Waals surface area contributed by atoms with Crippen molar-refractivity contribution in [2.75, 3.05) is 0 Å². The van der Waals surface area contributed by atoms with Crippen LogP contribution in [0.5, 0.6) is 0 Å². The first-order chi connectivity index (χ1) is 10.1. The molecule has 0 N–H and O–H groups in total. The predicted molar refractivity (Wildman–Crippen MR) is 94.2 cm³/mol. The third-order valence-corrected chi connectivity index (χ3v) is 5.56. The summed E-state index contributed by atoms with van der Waals surface area (Å²) in [6.07, 6.45) is 1.95. The van der Waals surface area contributed by atoms with Gasteiger partial charge in [-0.05, 0) is 35.6 Å². The molecule has 0 saturated carbocycles.